The predicted octanol–water partition coefficient (Wildman–Crippen LogP) is 2.92. The lowest BCUT2D eigenvalue weighted by Crippen LogP contribution is -2.19. The van der Waals surface area contributed by atoms with Crippen molar-refractivity contribution >= 4 is 17.3 Å². The highest BCUT2D eigenvalue weighted by Gasteiger charge is 2.05. The minimum atomic E-state index is -0.253. The van der Waals surface area contributed by atoms with E-state index in [2.05, 4.69) is 10.5 Å². The van der Waals surface area contributed by atoms with Gasteiger partial charge < -0.3 is 9.64 Å². The average Bonchev–Trinajstić information content (AvgIpc) is 2.59. The van der Waals surface area contributed by atoms with Gasteiger partial charge in [0.25, 0.3) is 5.91 Å². The van der Waals surface area contributed by atoms with E-state index in [4.69, 9.17) is 4.74 Å². The Hall–Kier alpha value is -2.82. The van der Waals surface area contributed by atoms with Gasteiger partial charge >= 0.3 is 0 Å². The molecule has 0 aliphatic rings. The van der Waals surface area contributed by atoms with Gasteiger partial charge in [-0.15, -0.1) is 0 Å². The third-order valence-corrected chi connectivity index (χ3v) is 3.48. The van der Waals surface area contributed by atoms with Crippen molar-refractivity contribution < 1.29 is 9.53 Å². The van der Waals surface area contributed by atoms with Crippen LogP contribution in [0.2, 0.25) is 0 Å². The summed E-state index contributed by atoms with van der Waals surface area (Å²) in [7, 11) is 5.57. The number of ether oxygens (including phenoxy) is 1. The van der Waals surface area contributed by atoms with Gasteiger partial charge in [-0.05, 0) is 48.9 Å². The molecule has 1 amide bonds. The first kappa shape index (κ1) is 16.5. The number of nitrogens with zero attached hydrogens (tertiary/aromatic N) is 2. The van der Waals surface area contributed by atoms with Crippen LogP contribution in [-0.4, -0.2) is 32.8 Å². The van der Waals surface area contributed by atoms with E-state index in [0.717, 1.165) is 17.0 Å². The Morgan fingerprint density at radius 3 is 2.09 bits per heavy atom. The molecule has 0 fully saturated rings. The molecule has 1 N–H and O–H groups in total. The van der Waals surface area contributed by atoms with Gasteiger partial charge in [0.05, 0.1) is 12.8 Å². The molecule has 5 nitrogen and oxygen atoms in total. The number of methoxy groups -OCH3 is 1. The largest absolute Gasteiger partial charge is 0.497 e. The van der Waals surface area contributed by atoms with Gasteiger partial charge in [-0.25, -0.2) is 5.43 Å². The molecule has 23 heavy (non-hydrogen) atoms. The number of amides is 1. The molecule has 0 radical (unpaired) electrons. The Labute approximate surface area is 136 Å². The van der Waals surface area contributed by atoms with Crippen molar-refractivity contribution in [3.8, 4) is 5.75 Å². The van der Waals surface area contributed by atoms with Crippen molar-refractivity contribution in [2.24, 2.45) is 5.10 Å². The summed E-state index contributed by atoms with van der Waals surface area (Å²) in [5.74, 6) is 0.458. The number of hydrazone groups is 1. The molecule has 2 aromatic rings. The maximum atomic E-state index is 12.1. The van der Waals surface area contributed by atoms with Gasteiger partial charge in [0.1, 0.15) is 5.75 Å². The van der Waals surface area contributed by atoms with E-state index in [1.165, 1.54) is 0 Å². The second-order valence-electron chi connectivity index (χ2n) is 5.31. The standard InChI is InChI=1S/C18H21N3O2/c1-13(14-5-9-16(10-6-14)21(2)3)19-20-18(22)15-7-11-17(23-4)12-8-15/h5-12H,1-4H3,(H,20,22)/b19-13-. The molecule has 0 spiro atoms. The van der Waals surface area contributed by atoms with E-state index >= 15 is 0 Å². The zero-order chi connectivity index (χ0) is 16.8. The Balaban J connectivity index is 2.04. The van der Waals surface area contributed by atoms with Crippen molar-refractivity contribution in [1.82, 2.24) is 5.43 Å². The van der Waals surface area contributed by atoms with Crippen LogP contribution in [0.25, 0.3) is 0 Å². The maximum absolute atomic E-state index is 12.1. The summed E-state index contributed by atoms with van der Waals surface area (Å²) in [6.07, 6.45) is 0. The first-order valence-electron chi connectivity index (χ1n) is 7.27. The highest BCUT2D eigenvalue weighted by atomic mass is 16.5. The number of hydrogen-bond donors (Lipinski definition) is 1. The number of hydrogen-bond acceptors (Lipinski definition) is 4. The number of rotatable bonds is 5. The molecular weight excluding hydrogens is 290 g/mol. The molecule has 0 atom stereocenters. The van der Waals surface area contributed by atoms with Crippen LogP contribution in [0.3, 0.4) is 0 Å². The lowest BCUT2D eigenvalue weighted by molar-refractivity contribution is 0.0955. The van der Waals surface area contributed by atoms with Gasteiger partial charge in [-0.1, -0.05) is 12.1 Å². The highest BCUT2D eigenvalue weighted by Crippen LogP contribution is 2.13. The molecule has 2 aromatic carbocycles. The van der Waals surface area contributed by atoms with Crippen LogP contribution in [-0.2, 0) is 0 Å². The van der Waals surface area contributed by atoms with E-state index in [1.807, 2.05) is 50.2 Å². The fourth-order valence-electron chi connectivity index (χ4n) is 2.01. The van der Waals surface area contributed by atoms with Crippen molar-refractivity contribution in [2.45, 2.75) is 6.92 Å². The van der Waals surface area contributed by atoms with Crippen LogP contribution in [0.5, 0.6) is 5.75 Å². The second kappa shape index (κ2) is 7.45. The third-order valence-electron chi connectivity index (χ3n) is 3.48. The smallest absolute Gasteiger partial charge is 0.271 e. The molecule has 0 saturated carbocycles. The second-order valence-corrected chi connectivity index (χ2v) is 5.31. The van der Waals surface area contributed by atoms with Crippen LogP contribution < -0.4 is 15.1 Å². The van der Waals surface area contributed by atoms with Gasteiger partial charge in [0.15, 0.2) is 0 Å². The van der Waals surface area contributed by atoms with E-state index in [-0.39, 0.29) is 5.91 Å². The molecule has 0 bridgehead atoms. The molecule has 0 heterocycles. The van der Waals surface area contributed by atoms with Crippen LogP contribution in [0.15, 0.2) is 53.6 Å². The molecule has 2 rings (SSSR count). The molecule has 0 aromatic heterocycles. The summed E-state index contributed by atoms with van der Waals surface area (Å²) >= 11 is 0. The van der Waals surface area contributed by atoms with Crippen molar-refractivity contribution in [2.75, 3.05) is 26.1 Å². The minimum absolute atomic E-state index is 0.253. The van der Waals surface area contributed by atoms with Crippen molar-refractivity contribution in [3.05, 3.63) is 59.7 Å². The van der Waals surface area contributed by atoms with E-state index < -0.39 is 0 Å². The van der Waals surface area contributed by atoms with Gasteiger partial charge in [0, 0.05) is 25.3 Å². The molecule has 120 valence electrons. The number of benzene rings is 2. The fourth-order valence-corrected chi connectivity index (χ4v) is 2.01. The zero-order valence-electron chi connectivity index (χ0n) is 13.8. The summed E-state index contributed by atoms with van der Waals surface area (Å²) in [4.78, 5) is 14.1. The number of carbonyl (C=O) groups excluding carboxylic acids is 1. The quantitative estimate of drug-likeness (QED) is 0.682. The Kier molecular flexibility index (Phi) is 5.36. The molecule has 5 heteroatoms. The van der Waals surface area contributed by atoms with Crippen molar-refractivity contribution in [1.29, 1.82) is 0 Å². The van der Waals surface area contributed by atoms with Gasteiger partial charge in [-0.3, -0.25) is 4.79 Å². The molecule has 0 aliphatic carbocycles. The number of nitrogens with one attached hydrogen (secondary N) is 1. The number of carbonyl (C=O) groups is 1. The Bertz CT molecular complexity index is 689. The molecule has 0 unspecified atom stereocenters. The summed E-state index contributed by atoms with van der Waals surface area (Å²) < 4.78 is 5.07. The molecule has 0 aliphatic heterocycles. The summed E-state index contributed by atoms with van der Waals surface area (Å²) in [5, 5.41) is 4.16. The Morgan fingerprint density at radius 2 is 1.57 bits per heavy atom. The maximum Gasteiger partial charge on any atom is 0.271 e. The summed E-state index contributed by atoms with van der Waals surface area (Å²) in [6, 6.07) is 14.9. The van der Waals surface area contributed by atoms with Crippen LogP contribution in [0.1, 0.15) is 22.8 Å². The van der Waals surface area contributed by atoms with E-state index in [0.29, 0.717) is 11.3 Å². The molecular formula is C18H21N3O2. The normalized spacial score (nSPS) is 11.0. The lowest BCUT2D eigenvalue weighted by Gasteiger charge is -2.12. The van der Waals surface area contributed by atoms with E-state index in [1.54, 1.807) is 31.4 Å². The average molecular weight is 311 g/mol. The Morgan fingerprint density at radius 1 is 1.00 bits per heavy atom. The first-order valence-corrected chi connectivity index (χ1v) is 7.27. The number of anilines is 1. The predicted molar refractivity (Wildman–Crippen MR) is 93.4 cm³/mol. The summed E-state index contributed by atoms with van der Waals surface area (Å²) in [5.41, 5.74) is 5.93. The first-order chi connectivity index (χ1) is 11.0. The van der Waals surface area contributed by atoms with Crippen molar-refractivity contribution in [3.63, 3.8) is 0 Å². The molecule has 0 saturated heterocycles. The highest BCUT2D eigenvalue weighted by molar-refractivity contribution is 6.01. The third kappa shape index (κ3) is 4.32. The monoisotopic (exact) mass is 311 g/mol. The summed E-state index contributed by atoms with van der Waals surface area (Å²) in [6.45, 7) is 1.86. The minimum Gasteiger partial charge on any atom is -0.497 e. The zero-order valence-corrected chi connectivity index (χ0v) is 13.8. The van der Waals surface area contributed by atoms with Crippen LogP contribution in [0.4, 0.5) is 5.69 Å². The fraction of sp³-hybridized carbons (Fsp3) is 0.222. The van der Waals surface area contributed by atoms with Gasteiger partial charge in [-0.2, -0.15) is 5.10 Å². The topological polar surface area (TPSA) is 53.9 Å². The SMILES string of the molecule is COc1ccc(C(=O)N/N=C(/C)c2ccc(N(C)C)cc2)cc1. The van der Waals surface area contributed by atoms with Crippen LogP contribution >= 0.6 is 0 Å². The lowest BCUT2D eigenvalue weighted by atomic mass is 10.1. The van der Waals surface area contributed by atoms with Gasteiger partial charge in [0.2, 0.25) is 0 Å². The van der Waals surface area contributed by atoms with Crippen LogP contribution in [0, 0.1) is 0 Å². The van der Waals surface area contributed by atoms with E-state index in [9.17, 15) is 4.79 Å².